The van der Waals surface area contributed by atoms with Gasteiger partial charge in [0, 0.05) is 0 Å². The summed E-state index contributed by atoms with van der Waals surface area (Å²) < 4.78 is 5.94. The maximum absolute atomic E-state index is 10.3. The van der Waals surface area contributed by atoms with E-state index in [2.05, 4.69) is 19.1 Å². The lowest BCUT2D eigenvalue weighted by Gasteiger charge is -2.30. The first-order chi connectivity index (χ1) is 11.2. The minimum atomic E-state index is -0.415. The molecule has 4 N–H and O–H groups in total. The van der Waals surface area contributed by atoms with Crippen molar-refractivity contribution in [2.45, 2.75) is 25.6 Å². The van der Waals surface area contributed by atoms with E-state index in [1.54, 1.807) is 0 Å². The predicted octanol–water partition coefficient (Wildman–Crippen LogP) is -1.71. The second-order valence-corrected chi connectivity index (χ2v) is 6.47. The van der Waals surface area contributed by atoms with E-state index in [4.69, 9.17) is 9.84 Å². The number of rotatable bonds is 9. The molecule has 2 atom stereocenters. The quantitative estimate of drug-likeness (QED) is 0.438. The summed E-state index contributed by atoms with van der Waals surface area (Å²) in [6.07, 6.45) is 0.557. The van der Waals surface area contributed by atoms with Gasteiger partial charge in [-0.15, -0.1) is 0 Å². The molecule has 1 aromatic rings. The van der Waals surface area contributed by atoms with E-state index in [0.29, 0.717) is 6.61 Å². The molecule has 0 unspecified atom stereocenters. The Labute approximate surface area is 139 Å². The molecule has 0 radical (unpaired) electrons. The lowest BCUT2D eigenvalue weighted by atomic mass is 10.1. The van der Waals surface area contributed by atoms with E-state index in [0.717, 1.165) is 45.7 Å². The molecular formula is C18H32N2O3+2. The first-order valence-electron chi connectivity index (χ1n) is 8.85. The largest absolute Gasteiger partial charge is 0.391 e. The molecule has 2 rings (SSSR count). The summed E-state index contributed by atoms with van der Waals surface area (Å²) in [6.45, 7) is 8.62. The minimum absolute atomic E-state index is 0.0618. The Bertz CT molecular complexity index is 422. The topological polar surface area (TPSA) is 58.6 Å². The van der Waals surface area contributed by atoms with Gasteiger partial charge in [-0.05, 0) is 12.0 Å². The van der Waals surface area contributed by atoms with E-state index in [-0.39, 0.29) is 12.7 Å². The van der Waals surface area contributed by atoms with E-state index in [1.165, 1.54) is 15.4 Å². The summed E-state index contributed by atoms with van der Waals surface area (Å²) in [5, 5.41) is 19.3. The standard InChI is InChI=1S/C18H30N2O3/c1-2-18(16-6-4-3-5-7-16)23-15-17(22)14-20-10-8-19(9-11-20)12-13-21/h3-7,17-18,21-22H,2,8-15H2,1H3/p+2/t17-,18+/m1/s1. The zero-order valence-corrected chi connectivity index (χ0v) is 14.2. The maximum atomic E-state index is 10.3. The van der Waals surface area contributed by atoms with Crippen molar-refractivity contribution in [2.75, 3.05) is 52.5 Å². The van der Waals surface area contributed by atoms with Gasteiger partial charge in [-0.1, -0.05) is 37.3 Å². The number of quaternary nitrogens is 2. The van der Waals surface area contributed by atoms with Crippen molar-refractivity contribution in [3.05, 3.63) is 35.9 Å². The van der Waals surface area contributed by atoms with Crippen molar-refractivity contribution in [1.82, 2.24) is 0 Å². The molecule has 0 spiro atoms. The highest BCUT2D eigenvalue weighted by molar-refractivity contribution is 5.17. The second-order valence-electron chi connectivity index (χ2n) is 6.47. The fourth-order valence-electron chi connectivity index (χ4n) is 3.31. The molecule has 23 heavy (non-hydrogen) atoms. The minimum Gasteiger partial charge on any atom is -0.391 e. The van der Waals surface area contributed by atoms with Crippen LogP contribution in [0.25, 0.3) is 0 Å². The van der Waals surface area contributed by atoms with Gasteiger partial charge in [-0.25, -0.2) is 0 Å². The Kier molecular flexibility index (Phi) is 7.99. The Morgan fingerprint density at radius 1 is 1.09 bits per heavy atom. The van der Waals surface area contributed by atoms with Crippen LogP contribution in [0.4, 0.5) is 0 Å². The lowest BCUT2D eigenvalue weighted by Crippen LogP contribution is -3.28. The summed E-state index contributed by atoms with van der Waals surface area (Å²) in [7, 11) is 0. The van der Waals surface area contributed by atoms with Gasteiger partial charge in [0.05, 0.1) is 19.3 Å². The number of piperazine rings is 1. The zero-order valence-electron chi connectivity index (χ0n) is 14.2. The van der Waals surface area contributed by atoms with Crippen LogP contribution in [0.3, 0.4) is 0 Å². The number of ether oxygens (including phenoxy) is 1. The maximum Gasteiger partial charge on any atom is 0.127 e. The summed E-state index contributed by atoms with van der Waals surface area (Å²) in [6, 6.07) is 10.2. The van der Waals surface area contributed by atoms with Crippen molar-refractivity contribution in [1.29, 1.82) is 0 Å². The fourth-order valence-corrected chi connectivity index (χ4v) is 3.31. The van der Waals surface area contributed by atoms with E-state index >= 15 is 0 Å². The molecule has 5 heteroatoms. The molecular weight excluding hydrogens is 292 g/mol. The molecule has 1 aromatic carbocycles. The smallest absolute Gasteiger partial charge is 0.127 e. The molecule has 0 aromatic heterocycles. The molecule has 0 saturated carbocycles. The average Bonchev–Trinajstić information content (AvgIpc) is 2.58. The number of hydrogen-bond acceptors (Lipinski definition) is 3. The second kappa shape index (κ2) is 10.0. The summed E-state index contributed by atoms with van der Waals surface area (Å²) in [4.78, 5) is 2.91. The highest BCUT2D eigenvalue weighted by Gasteiger charge is 2.25. The summed E-state index contributed by atoms with van der Waals surface area (Å²) in [5.74, 6) is 0. The van der Waals surface area contributed by atoms with Gasteiger partial charge < -0.3 is 24.7 Å². The van der Waals surface area contributed by atoms with Crippen LogP contribution < -0.4 is 9.80 Å². The zero-order chi connectivity index (χ0) is 16.5. The van der Waals surface area contributed by atoms with Crippen molar-refractivity contribution in [3.8, 4) is 0 Å². The summed E-state index contributed by atoms with van der Waals surface area (Å²) in [5.41, 5.74) is 1.18. The predicted molar refractivity (Wildman–Crippen MR) is 89.6 cm³/mol. The van der Waals surface area contributed by atoms with Crippen LogP contribution in [0.1, 0.15) is 25.0 Å². The van der Waals surface area contributed by atoms with Crippen LogP contribution in [0.15, 0.2) is 30.3 Å². The average molecular weight is 324 g/mol. The van der Waals surface area contributed by atoms with Gasteiger partial charge in [-0.2, -0.15) is 0 Å². The molecule has 0 amide bonds. The fraction of sp³-hybridized carbons (Fsp3) is 0.667. The van der Waals surface area contributed by atoms with Crippen molar-refractivity contribution < 1.29 is 24.7 Å². The Hall–Kier alpha value is -0.980. The molecule has 0 bridgehead atoms. The number of nitrogens with one attached hydrogen (secondary N) is 2. The van der Waals surface area contributed by atoms with Crippen LogP contribution in [0.2, 0.25) is 0 Å². The van der Waals surface area contributed by atoms with Gasteiger partial charge in [0.2, 0.25) is 0 Å². The van der Waals surface area contributed by atoms with Crippen LogP contribution in [-0.4, -0.2) is 68.8 Å². The number of aliphatic hydroxyl groups is 2. The van der Waals surface area contributed by atoms with Crippen molar-refractivity contribution in [2.24, 2.45) is 0 Å². The molecule has 0 aliphatic carbocycles. The normalized spacial score (nSPS) is 24.3. The van der Waals surface area contributed by atoms with E-state index in [1.807, 2.05) is 18.2 Å². The summed E-state index contributed by atoms with van der Waals surface area (Å²) >= 11 is 0. The van der Waals surface area contributed by atoms with E-state index < -0.39 is 6.10 Å². The van der Waals surface area contributed by atoms with Gasteiger partial charge in [-0.3, -0.25) is 0 Å². The highest BCUT2D eigenvalue weighted by atomic mass is 16.5. The van der Waals surface area contributed by atoms with Gasteiger partial charge >= 0.3 is 0 Å². The SMILES string of the molecule is CC[C@H](OC[C@H](O)C[NH+]1CC[NH+](CCO)CC1)c1ccccc1. The van der Waals surface area contributed by atoms with Gasteiger partial charge in [0.25, 0.3) is 0 Å². The molecule has 1 heterocycles. The van der Waals surface area contributed by atoms with Crippen molar-refractivity contribution in [3.63, 3.8) is 0 Å². The number of hydrogen-bond donors (Lipinski definition) is 4. The molecule has 130 valence electrons. The third-order valence-electron chi connectivity index (χ3n) is 4.69. The molecule has 1 aliphatic rings. The van der Waals surface area contributed by atoms with Crippen LogP contribution in [-0.2, 0) is 4.74 Å². The molecule has 1 aliphatic heterocycles. The first kappa shape index (κ1) is 18.4. The van der Waals surface area contributed by atoms with Crippen LogP contribution in [0, 0.1) is 0 Å². The Morgan fingerprint density at radius 2 is 1.74 bits per heavy atom. The number of aliphatic hydroxyl groups excluding tert-OH is 2. The lowest BCUT2D eigenvalue weighted by molar-refractivity contribution is -1.01. The molecule has 5 nitrogen and oxygen atoms in total. The third kappa shape index (κ3) is 6.20. The molecule has 1 fully saturated rings. The number of benzene rings is 1. The Balaban J connectivity index is 1.69. The highest BCUT2D eigenvalue weighted by Crippen LogP contribution is 2.20. The van der Waals surface area contributed by atoms with Crippen molar-refractivity contribution >= 4 is 0 Å². The van der Waals surface area contributed by atoms with Gasteiger partial charge in [0.15, 0.2) is 0 Å². The van der Waals surface area contributed by atoms with Crippen LogP contribution >= 0.6 is 0 Å². The third-order valence-corrected chi connectivity index (χ3v) is 4.69. The monoisotopic (exact) mass is 324 g/mol. The van der Waals surface area contributed by atoms with Crippen LogP contribution in [0.5, 0.6) is 0 Å². The Morgan fingerprint density at radius 3 is 2.35 bits per heavy atom. The van der Waals surface area contributed by atoms with E-state index in [9.17, 15) is 5.11 Å². The first-order valence-corrected chi connectivity index (χ1v) is 8.85. The molecule has 1 saturated heterocycles. The van der Waals surface area contributed by atoms with Gasteiger partial charge in [0.1, 0.15) is 45.4 Å².